The van der Waals surface area contributed by atoms with Crippen LogP contribution in [0.1, 0.15) is 34.1 Å². The van der Waals surface area contributed by atoms with Gasteiger partial charge in [-0.15, -0.1) is 0 Å². The monoisotopic (exact) mass is 326 g/mol. The number of pyridine rings is 1. The van der Waals surface area contributed by atoms with Crippen LogP contribution in [0, 0.1) is 6.92 Å². The molecule has 1 aliphatic heterocycles. The molecule has 116 valence electrons. The van der Waals surface area contributed by atoms with Crippen LogP contribution >= 0.6 is 11.6 Å². The van der Waals surface area contributed by atoms with Crippen LogP contribution in [0.25, 0.3) is 11.0 Å². The Balaban J connectivity index is 1.62. The Labute approximate surface area is 138 Å². The molecule has 1 atom stereocenters. The highest BCUT2D eigenvalue weighted by Crippen LogP contribution is 2.35. The Morgan fingerprint density at radius 2 is 2.13 bits per heavy atom. The number of nitrogens with one attached hydrogen (secondary N) is 1. The van der Waals surface area contributed by atoms with Gasteiger partial charge in [-0.3, -0.25) is 9.89 Å². The van der Waals surface area contributed by atoms with E-state index in [0.29, 0.717) is 16.2 Å². The van der Waals surface area contributed by atoms with Crippen molar-refractivity contribution in [2.45, 2.75) is 19.4 Å². The van der Waals surface area contributed by atoms with E-state index in [2.05, 4.69) is 15.2 Å². The number of halogens is 1. The third-order valence-electron chi connectivity index (χ3n) is 4.38. The van der Waals surface area contributed by atoms with Crippen molar-refractivity contribution in [2.24, 2.45) is 0 Å². The summed E-state index contributed by atoms with van der Waals surface area (Å²) in [4.78, 5) is 18.9. The van der Waals surface area contributed by atoms with Gasteiger partial charge in [-0.1, -0.05) is 23.7 Å². The quantitative estimate of drug-likeness (QED) is 0.784. The van der Waals surface area contributed by atoms with Gasteiger partial charge in [0.05, 0.1) is 11.6 Å². The van der Waals surface area contributed by atoms with E-state index in [1.165, 1.54) is 0 Å². The summed E-state index contributed by atoms with van der Waals surface area (Å²) in [5, 5.41) is 8.58. The number of fused-ring (bicyclic) bond motifs is 1. The van der Waals surface area contributed by atoms with E-state index in [9.17, 15) is 4.79 Å². The number of likely N-dealkylation sites (tertiary alicyclic amines) is 1. The van der Waals surface area contributed by atoms with E-state index >= 15 is 0 Å². The maximum absolute atomic E-state index is 12.8. The van der Waals surface area contributed by atoms with Crippen molar-refractivity contribution in [2.75, 3.05) is 6.54 Å². The average molecular weight is 327 g/mol. The number of rotatable bonds is 2. The average Bonchev–Trinajstić information content (AvgIpc) is 2.89. The molecule has 1 fully saturated rings. The molecule has 1 aromatic carbocycles. The van der Waals surface area contributed by atoms with Crippen LogP contribution in [0.2, 0.25) is 5.02 Å². The van der Waals surface area contributed by atoms with Gasteiger partial charge in [0.25, 0.3) is 5.91 Å². The second kappa shape index (κ2) is 5.35. The minimum atomic E-state index is 0.00574. The highest BCUT2D eigenvalue weighted by atomic mass is 35.5. The zero-order chi connectivity index (χ0) is 16.0. The van der Waals surface area contributed by atoms with Crippen molar-refractivity contribution in [1.82, 2.24) is 20.1 Å². The number of carbonyl (C=O) groups is 1. The molecular weight excluding hydrogens is 312 g/mol. The van der Waals surface area contributed by atoms with Crippen LogP contribution in [0.15, 0.2) is 36.5 Å². The summed E-state index contributed by atoms with van der Waals surface area (Å²) >= 11 is 5.93. The molecule has 6 heteroatoms. The van der Waals surface area contributed by atoms with Gasteiger partial charge in [-0.25, -0.2) is 4.98 Å². The smallest absolute Gasteiger partial charge is 0.255 e. The third-order valence-corrected chi connectivity index (χ3v) is 4.63. The lowest BCUT2D eigenvalue weighted by atomic mass is 9.94. The van der Waals surface area contributed by atoms with Crippen molar-refractivity contribution < 1.29 is 4.79 Å². The predicted octanol–water partition coefficient (Wildman–Crippen LogP) is 3.51. The molecule has 1 aliphatic rings. The first-order valence-electron chi connectivity index (χ1n) is 7.50. The van der Waals surface area contributed by atoms with Crippen LogP contribution in [-0.2, 0) is 0 Å². The van der Waals surface area contributed by atoms with Gasteiger partial charge >= 0.3 is 0 Å². The molecule has 4 rings (SSSR count). The Kier molecular flexibility index (Phi) is 3.31. The lowest BCUT2D eigenvalue weighted by Crippen LogP contribution is -2.45. The minimum Gasteiger partial charge on any atom is -0.331 e. The second-order valence-electron chi connectivity index (χ2n) is 5.80. The first kappa shape index (κ1) is 14.2. The number of aromatic amines is 1. The normalized spacial score (nSPS) is 17.3. The number of hydrogen-bond donors (Lipinski definition) is 1. The van der Waals surface area contributed by atoms with Gasteiger partial charge in [-0.2, -0.15) is 5.10 Å². The van der Waals surface area contributed by atoms with E-state index in [4.69, 9.17) is 11.6 Å². The molecule has 23 heavy (non-hydrogen) atoms. The summed E-state index contributed by atoms with van der Waals surface area (Å²) in [6.07, 6.45) is 2.57. The first-order chi connectivity index (χ1) is 11.1. The molecule has 0 spiro atoms. The second-order valence-corrected chi connectivity index (χ2v) is 6.23. The van der Waals surface area contributed by atoms with Crippen molar-refractivity contribution in [3.05, 3.63) is 58.4 Å². The van der Waals surface area contributed by atoms with Gasteiger partial charge in [0.1, 0.15) is 0 Å². The maximum Gasteiger partial charge on any atom is 0.255 e. The molecule has 0 bridgehead atoms. The topological polar surface area (TPSA) is 61.9 Å². The molecule has 2 aromatic heterocycles. The summed E-state index contributed by atoms with van der Waals surface area (Å²) in [5.41, 5.74) is 3.26. The SMILES string of the molecule is Cc1[nH]nc2ncc(C(=O)N3CCC3c3ccc(Cl)cc3)cc12. The van der Waals surface area contributed by atoms with Gasteiger partial charge in [0, 0.05) is 28.8 Å². The molecule has 3 heterocycles. The number of H-pyrrole nitrogens is 1. The van der Waals surface area contributed by atoms with Crippen molar-refractivity contribution in [3.8, 4) is 0 Å². The van der Waals surface area contributed by atoms with Crippen LogP contribution in [0.4, 0.5) is 0 Å². The van der Waals surface area contributed by atoms with Crippen LogP contribution < -0.4 is 0 Å². The summed E-state index contributed by atoms with van der Waals surface area (Å²) in [7, 11) is 0. The molecule has 1 amide bonds. The number of aromatic nitrogens is 3. The molecule has 3 aromatic rings. The summed E-state index contributed by atoms with van der Waals surface area (Å²) in [5.74, 6) is 0.00574. The summed E-state index contributed by atoms with van der Waals surface area (Å²) in [6.45, 7) is 2.68. The van der Waals surface area contributed by atoms with E-state index in [1.54, 1.807) is 6.20 Å². The van der Waals surface area contributed by atoms with Gasteiger partial charge in [0.2, 0.25) is 0 Å². The number of carbonyl (C=O) groups excluding carboxylic acids is 1. The first-order valence-corrected chi connectivity index (χ1v) is 7.88. The maximum atomic E-state index is 12.8. The highest BCUT2D eigenvalue weighted by molar-refractivity contribution is 6.30. The van der Waals surface area contributed by atoms with Crippen LogP contribution in [0.3, 0.4) is 0 Å². The molecule has 0 aliphatic carbocycles. The Morgan fingerprint density at radius 1 is 1.35 bits per heavy atom. The van der Waals surface area contributed by atoms with Crippen molar-refractivity contribution in [3.63, 3.8) is 0 Å². The molecule has 0 saturated carbocycles. The summed E-state index contributed by atoms with van der Waals surface area (Å²) < 4.78 is 0. The van der Waals surface area contributed by atoms with E-state index in [-0.39, 0.29) is 11.9 Å². The Bertz CT molecular complexity index is 887. The van der Waals surface area contributed by atoms with Crippen molar-refractivity contribution in [1.29, 1.82) is 0 Å². The Morgan fingerprint density at radius 3 is 2.83 bits per heavy atom. The zero-order valence-corrected chi connectivity index (χ0v) is 13.3. The molecule has 1 unspecified atom stereocenters. The fourth-order valence-electron chi connectivity index (χ4n) is 2.96. The van der Waals surface area contributed by atoms with E-state index < -0.39 is 0 Å². The minimum absolute atomic E-state index is 0.00574. The number of nitrogens with zero attached hydrogens (tertiary/aromatic N) is 3. The number of aryl methyl sites for hydroxylation is 1. The van der Waals surface area contributed by atoms with E-state index in [0.717, 1.165) is 29.6 Å². The third kappa shape index (κ3) is 2.37. The number of hydrogen-bond acceptors (Lipinski definition) is 3. The predicted molar refractivity (Wildman–Crippen MR) is 88.5 cm³/mol. The molecule has 0 radical (unpaired) electrons. The van der Waals surface area contributed by atoms with Crippen LogP contribution in [-0.4, -0.2) is 32.5 Å². The summed E-state index contributed by atoms with van der Waals surface area (Å²) in [6, 6.07) is 9.66. The number of benzene rings is 1. The number of amides is 1. The largest absolute Gasteiger partial charge is 0.331 e. The lowest BCUT2D eigenvalue weighted by molar-refractivity contribution is 0.0460. The van der Waals surface area contributed by atoms with Crippen LogP contribution in [0.5, 0.6) is 0 Å². The van der Waals surface area contributed by atoms with Crippen molar-refractivity contribution >= 4 is 28.5 Å². The fourth-order valence-corrected chi connectivity index (χ4v) is 3.09. The molecule has 5 nitrogen and oxygen atoms in total. The zero-order valence-electron chi connectivity index (χ0n) is 12.6. The standard InChI is InChI=1S/C17H15ClN4O/c1-10-14-8-12(9-19-16(14)21-20-10)17(23)22-7-6-15(22)11-2-4-13(18)5-3-11/h2-5,8-9,15H,6-7H2,1H3,(H,19,20,21). The van der Waals surface area contributed by atoms with Gasteiger partial charge < -0.3 is 4.90 Å². The molecule has 1 saturated heterocycles. The highest BCUT2D eigenvalue weighted by Gasteiger charge is 2.34. The fraction of sp³-hybridized carbons (Fsp3) is 0.235. The molecule has 1 N–H and O–H groups in total. The van der Waals surface area contributed by atoms with E-state index in [1.807, 2.05) is 42.2 Å². The molecular formula is C17H15ClN4O. The Hall–Kier alpha value is -2.40. The lowest BCUT2D eigenvalue weighted by Gasteiger charge is -2.41. The van der Waals surface area contributed by atoms with Gasteiger partial charge in [0.15, 0.2) is 5.65 Å². The van der Waals surface area contributed by atoms with Gasteiger partial charge in [-0.05, 0) is 37.1 Å².